The van der Waals surface area contributed by atoms with Gasteiger partial charge in [-0.05, 0) is 49.8 Å². The van der Waals surface area contributed by atoms with E-state index in [4.69, 9.17) is 4.74 Å². The molecule has 0 aromatic heterocycles. The lowest BCUT2D eigenvalue weighted by Crippen LogP contribution is -2.42. The Bertz CT molecular complexity index is 365. The molecular weight excluding hydrogens is 234 g/mol. The lowest BCUT2D eigenvalue weighted by molar-refractivity contribution is -0.00587. The van der Waals surface area contributed by atoms with Gasteiger partial charge in [0.1, 0.15) is 0 Å². The minimum atomic E-state index is 0.378. The minimum absolute atomic E-state index is 0.378. The molecule has 2 nitrogen and oxygen atoms in total. The van der Waals surface area contributed by atoms with Crippen molar-refractivity contribution < 1.29 is 4.74 Å². The van der Waals surface area contributed by atoms with Crippen LogP contribution in [0.2, 0.25) is 0 Å². The van der Waals surface area contributed by atoms with E-state index in [1.54, 1.807) is 0 Å². The predicted octanol–water partition coefficient (Wildman–Crippen LogP) is 3.51. The topological polar surface area (TPSA) is 21.3 Å². The van der Waals surface area contributed by atoms with Gasteiger partial charge in [-0.2, -0.15) is 0 Å². The van der Waals surface area contributed by atoms with E-state index in [1.165, 1.54) is 30.4 Å². The maximum absolute atomic E-state index is 5.90. The molecule has 0 aliphatic carbocycles. The number of nitrogens with one attached hydrogen (secondary N) is 1. The smallest absolute Gasteiger partial charge is 0.0731 e. The fourth-order valence-electron chi connectivity index (χ4n) is 2.79. The minimum Gasteiger partial charge on any atom is -0.377 e. The zero-order valence-electron chi connectivity index (χ0n) is 12.5. The van der Waals surface area contributed by atoms with Crippen LogP contribution in [0.4, 0.5) is 0 Å². The average molecular weight is 261 g/mol. The summed E-state index contributed by atoms with van der Waals surface area (Å²) in [6.07, 6.45) is 5.14. The van der Waals surface area contributed by atoms with Gasteiger partial charge in [-0.15, -0.1) is 0 Å². The molecule has 0 saturated carbocycles. The Morgan fingerprint density at radius 2 is 1.95 bits per heavy atom. The summed E-state index contributed by atoms with van der Waals surface area (Å²) in [6.45, 7) is 5.40. The normalized spacial score (nSPS) is 21.6. The van der Waals surface area contributed by atoms with Gasteiger partial charge in [-0.1, -0.05) is 38.1 Å². The molecule has 0 spiro atoms. The molecule has 0 bridgehead atoms. The molecule has 1 aliphatic rings. The van der Waals surface area contributed by atoms with E-state index in [2.05, 4.69) is 43.4 Å². The zero-order valence-corrected chi connectivity index (χ0v) is 12.5. The van der Waals surface area contributed by atoms with Crippen molar-refractivity contribution in [3.05, 3.63) is 35.4 Å². The molecule has 19 heavy (non-hydrogen) atoms. The van der Waals surface area contributed by atoms with Gasteiger partial charge < -0.3 is 10.1 Å². The number of likely N-dealkylation sites (N-methyl/N-ethyl adjacent to an activating group) is 1. The first kappa shape index (κ1) is 14.5. The molecule has 1 aromatic rings. The third kappa shape index (κ3) is 4.05. The van der Waals surface area contributed by atoms with Crippen LogP contribution in [0.3, 0.4) is 0 Å². The van der Waals surface area contributed by atoms with Crippen molar-refractivity contribution in [3.8, 4) is 0 Å². The second-order valence-electron chi connectivity index (χ2n) is 5.90. The van der Waals surface area contributed by atoms with E-state index < -0.39 is 0 Å². The summed E-state index contributed by atoms with van der Waals surface area (Å²) in [7, 11) is 2.05. The first-order valence-electron chi connectivity index (χ1n) is 7.58. The Morgan fingerprint density at radius 1 is 1.21 bits per heavy atom. The third-order valence-electron chi connectivity index (χ3n) is 4.14. The summed E-state index contributed by atoms with van der Waals surface area (Å²) in [5.74, 6) is 0.607. The molecule has 0 amide bonds. The Kier molecular flexibility index (Phi) is 5.41. The average Bonchev–Trinajstić information content (AvgIpc) is 2.46. The van der Waals surface area contributed by atoms with Crippen LogP contribution < -0.4 is 5.32 Å². The Hall–Kier alpha value is -0.860. The highest BCUT2D eigenvalue weighted by Crippen LogP contribution is 2.20. The molecule has 2 heteroatoms. The van der Waals surface area contributed by atoms with E-state index in [9.17, 15) is 0 Å². The number of benzene rings is 1. The Labute approximate surface area is 117 Å². The van der Waals surface area contributed by atoms with Crippen molar-refractivity contribution in [2.75, 3.05) is 13.7 Å². The molecule has 1 heterocycles. The summed E-state index contributed by atoms with van der Waals surface area (Å²) in [5.41, 5.74) is 2.82. The van der Waals surface area contributed by atoms with E-state index >= 15 is 0 Å². The molecule has 1 N–H and O–H groups in total. The number of hydrogen-bond acceptors (Lipinski definition) is 2. The quantitative estimate of drug-likeness (QED) is 0.876. The lowest BCUT2D eigenvalue weighted by Gasteiger charge is -2.30. The summed E-state index contributed by atoms with van der Waals surface area (Å²) in [5, 5.41) is 3.43. The van der Waals surface area contributed by atoms with Crippen molar-refractivity contribution in [2.24, 2.45) is 0 Å². The maximum atomic E-state index is 5.90. The summed E-state index contributed by atoms with van der Waals surface area (Å²) in [4.78, 5) is 0. The monoisotopic (exact) mass is 261 g/mol. The van der Waals surface area contributed by atoms with Gasteiger partial charge in [0.2, 0.25) is 0 Å². The molecule has 1 aromatic carbocycles. The van der Waals surface area contributed by atoms with Gasteiger partial charge >= 0.3 is 0 Å². The third-order valence-corrected chi connectivity index (χ3v) is 4.14. The first-order chi connectivity index (χ1) is 9.20. The van der Waals surface area contributed by atoms with Crippen LogP contribution in [-0.2, 0) is 11.2 Å². The van der Waals surface area contributed by atoms with Crippen LogP contribution in [-0.4, -0.2) is 25.8 Å². The zero-order chi connectivity index (χ0) is 13.7. The van der Waals surface area contributed by atoms with Crippen molar-refractivity contribution in [2.45, 2.75) is 57.6 Å². The Morgan fingerprint density at radius 3 is 2.47 bits per heavy atom. The van der Waals surface area contributed by atoms with Crippen molar-refractivity contribution in [1.29, 1.82) is 0 Å². The van der Waals surface area contributed by atoms with Crippen molar-refractivity contribution in [3.63, 3.8) is 0 Å². The van der Waals surface area contributed by atoms with Gasteiger partial charge in [0.25, 0.3) is 0 Å². The number of rotatable bonds is 5. The Balaban J connectivity index is 1.97. The first-order valence-corrected chi connectivity index (χ1v) is 7.58. The SMILES string of the molecule is CNC(Cc1ccc(C(C)C)cc1)C1CCCCO1. The van der Waals surface area contributed by atoms with E-state index in [1.807, 2.05) is 7.05 Å². The van der Waals surface area contributed by atoms with Crippen LogP contribution in [0.15, 0.2) is 24.3 Å². The molecule has 106 valence electrons. The fourth-order valence-corrected chi connectivity index (χ4v) is 2.79. The molecular formula is C17H27NO. The highest BCUT2D eigenvalue weighted by Gasteiger charge is 2.23. The summed E-state index contributed by atoms with van der Waals surface area (Å²) < 4.78 is 5.90. The van der Waals surface area contributed by atoms with Gasteiger partial charge in [0.05, 0.1) is 6.10 Å². The molecule has 1 aliphatic heterocycles. The van der Waals surface area contributed by atoms with E-state index in [0.717, 1.165) is 13.0 Å². The van der Waals surface area contributed by atoms with E-state index in [0.29, 0.717) is 18.1 Å². The van der Waals surface area contributed by atoms with Crippen LogP contribution >= 0.6 is 0 Å². The summed E-state index contributed by atoms with van der Waals surface area (Å²) in [6, 6.07) is 9.48. The highest BCUT2D eigenvalue weighted by molar-refractivity contribution is 5.25. The van der Waals surface area contributed by atoms with Gasteiger partial charge in [0, 0.05) is 12.6 Å². The molecule has 2 unspecified atom stereocenters. The molecule has 2 atom stereocenters. The molecule has 2 rings (SSSR count). The molecule has 0 radical (unpaired) electrons. The van der Waals surface area contributed by atoms with Crippen LogP contribution in [0.1, 0.15) is 50.2 Å². The summed E-state index contributed by atoms with van der Waals surface area (Å²) >= 11 is 0. The van der Waals surface area contributed by atoms with E-state index in [-0.39, 0.29) is 0 Å². The maximum Gasteiger partial charge on any atom is 0.0731 e. The molecule has 1 saturated heterocycles. The highest BCUT2D eigenvalue weighted by atomic mass is 16.5. The standard InChI is InChI=1S/C17H27NO/c1-13(2)15-9-7-14(8-10-15)12-16(18-3)17-6-4-5-11-19-17/h7-10,13,16-18H,4-6,11-12H2,1-3H3. The van der Waals surface area contributed by atoms with Gasteiger partial charge in [0.15, 0.2) is 0 Å². The number of ether oxygens (including phenoxy) is 1. The van der Waals surface area contributed by atoms with Crippen LogP contribution in [0.5, 0.6) is 0 Å². The van der Waals surface area contributed by atoms with Crippen molar-refractivity contribution >= 4 is 0 Å². The van der Waals surface area contributed by atoms with Gasteiger partial charge in [-0.25, -0.2) is 0 Å². The largest absolute Gasteiger partial charge is 0.377 e. The van der Waals surface area contributed by atoms with Crippen LogP contribution in [0, 0.1) is 0 Å². The lowest BCUT2D eigenvalue weighted by atomic mass is 9.94. The fraction of sp³-hybridized carbons (Fsp3) is 0.647. The second-order valence-corrected chi connectivity index (χ2v) is 5.90. The van der Waals surface area contributed by atoms with Crippen LogP contribution in [0.25, 0.3) is 0 Å². The number of hydrogen-bond donors (Lipinski definition) is 1. The predicted molar refractivity (Wildman–Crippen MR) is 80.7 cm³/mol. The second kappa shape index (κ2) is 7.06. The van der Waals surface area contributed by atoms with Gasteiger partial charge in [-0.3, -0.25) is 0 Å². The molecule has 1 fully saturated rings. The van der Waals surface area contributed by atoms with Crippen molar-refractivity contribution in [1.82, 2.24) is 5.32 Å².